The van der Waals surface area contributed by atoms with Gasteiger partial charge in [0.1, 0.15) is 16.0 Å². The molecule has 0 heterocycles. The Bertz CT molecular complexity index is 403. The molecule has 0 radical (unpaired) electrons. The van der Waals surface area contributed by atoms with Crippen molar-refractivity contribution in [2.75, 3.05) is 14.2 Å². The van der Waals surface area contributed by atoms with Gasteiger partial charge in [-0.2, -0.15) is 0 Å². The van der Waals surface area contributed by atoms with Crippen molar-refractivity contribution in [3.63, 3.8) is 0 Å². The number of hydrogen-bond acceptors (Lipinski definition) is 2. The topological polar surface area (TPSA) is 18.5 Å². The Balaban J connectivity index is 2.28. The molecule has 0 aromatic heterocycles. The monoisotopic (exact) mass is 362 g/mol. The molecule has 0 spiro atoms. The van der Waals surface area contributed by atoms with Crippen molar-refractivity contribution in [2.45, 2.75) is 24.1 Å². The molecule has 4 heteroatoms. The molecule has 1 aliphatic rings. The molecule has 0 amide bonds. The predicted molar refractivity (Wildman–Crippen MR) is 76.3 cm³/mol. The number of hydrogen-bond donors (Lipinski definition) is 0. The van der Waals surface area contributed by atoms with Crippen LogP contribution in [0, 0.1) is 5.92 Å². The van der Waals surface area contributed by atoms with Crippen molar-refractivity contribution in [2.24, 2.45) is 5.92 Å². The summed E-state index contributed by atoms with van der Waals surface area (Å²) in [5.74, 6) is 2.55. The Morgan fingerprint density at radius 1 is 1.29 bits per heavy atom. The zero-order chi connectivity index (χ0) is 12.4. The summed E-state index contributed by atoms with van der Waals surface area (Å²) in [4.78, 5) is 0.354. The third kappa shape index (κ3) is 2.97. The molecule has 94 valence electrons. The van der Waals surface area contributed by atoms with Crippen LogP contribution < -0.4 is 9.47 Å². The fourth-order valence-electron chi connectivity index (χ4n) is 1.94. The lowest BCUT2D eigenvalue weighted by Crippen LogP contribution is -1.99. The number of methoxy groups -OCH3 is 2. The molecule has 1 saturated carbocycles. The molecule has 1 atom stereocenters. The largest absolute Gasteiger partial charge is 0.495 e. The van der Waals surface area contributed by atoms with Crippen molar-refractivity contribution in [3.8, 4) is 11.5 Å². The van der Waals surface area contributed by atoms with Gasteiger partial charge in [-0.15, -0.1) is 0 Å². The van der Waals surface area contributed by atoms with Crippen LogP contribution in [0.4, 0.5) is 0 Å². The van der Waals surface area contributed by atoms with Crippen molar-refractivity contribution in [1.82, 2.24) is 0 Å². The summed E-state index contributed by atoms with van der Waals surface area (Å²) >= 11 is 7.29. The first-order chi connectivity index (χ1) is 8.17. The van der Waals surface area contributed by atoms with E-state index in [9.17, 15) is 0 Å². The lowest BCUT2D eigenvalue weighted by molar-refractivity contribution is 0.385. The summed E-state index contributed by atoms with van der Waals surface area (Å²) in [5.41, 5.74) is 1.19. The standard InChI is InChI=1S/C13H16Br2O2/c1-16-11-6-5-9(13(17-2)12(11)15)10(14)7-8-3-4-8/h5-6,8,10H,3-4,7H2,1-2H3. The first-order valence-electron chi connectivity index (χ1n) is 5.71. The Morgan fingerprint density at radius 3 is 2.53 bits per heavy atom. The summed E-state index contributed by atoms with van der Waals surface area (Å²) in [7, 11) is 3.36. The normalized spacial score (nSPS) is 16.7. The van der Waals surface area contributed by atoms with Gasteiger partial charge in [-0.3, -0.25) is 0 Å². The highest BCUT2D eigenvalue weighted by Crippen LogP contribution is 2.47. The Morgan fingerprint density at radius 2 is 2.00 bits per heavy atom. The van der Waals surface area contributed by atoms with E-state index in [1.165, 1.54) is 24.8 Å². The average molecular weight is 364 g/mol. The van der Waals surface area contributed by atoms with Gasteiger partial charge in [0.15, 0.2) is 0 Å². The predicted octanol–water partition coefficient (Wildman–Crippen LogP) is 4.70. The molecule has 1 aliphatic carbocycles. The van der Waals surface area contributed by atoms with E-state index in [1.54, 1.807) is 14.2 Å². The summed E-state index contributed by atoms with van der Waals surface area (Å²) < 4.78 is 11.6. The second kappa shape index (κ2) is 5.61. The van der Waals surface area contributed by atoms with Gasteiger partial charge < -0.3 is 9.47 Å². The van der Waals surface area contributed by atoms with E-state index < -0.39 is 0 Å². The molecule has 17 heavy (non-hydrogen) atoms. The SMILES string of the molecule is COc1ccc(C(Br)CC2CC2)c(OC)c1Br. The fourth-order valence-corrected chi connectivity index (χ4v) is 3.51. The van der Waals surface area contributed by atoms with Gasteiger partial charge >= 0.3 is 0 Å². The smallest absolute Gasteiger partial charge is 0.141 e. The molecule has 0 saturated heterocycles. The fraction of sp³-hybridized carbons (Fsp3) is 0.538. The molecular formula is C13H16Br2O2. The van der Waals surface area contributed by atoms with E-state index in [4.69, 9.17) is 9.47 Å². The van der Waals surface area contributed by atoms with Crippen molar-refractivity contribution in [3.05, 3.63) is 22.2 Å². The van der Waals surface area contributed by atoms with Crippen LogP contribution in [0.15, 0.2) is 16.6 Å². The molecule has 2 nitrogen and oxygen atoms in total. The van der Waals surface area contributed by atoms with Crippen molar-refractivity contribution in [1.29, 1.82) is 0 Å². The van der Waals surface area contributed by atoms with Gasteiger partial charge in [0.2, 0.25) is 0 Å². The molecule has 1 aromatic carbocycles. The maximum Gasteiger partial charge on any atom is 0.141 e. The van der Waals surface area contributed by atoms with Crippen LogP contribution in [0.25, 0.3) is 0 Å². The maximum atomic E-state index is 5.48. The van der Waals surface area contributed by atoms with E-state index in [-0.39, 0.29) is 0 Å². The minimum Gasteiger partial charge on any atom is -0.495 e. The van der Waals surface area contributed by atoms with Crippen LogP contribution in [-0.2, 0) is 0 Å². The van der Waals surface area contributed by atoms with Crippen LogP contribution in [0.2, 0.25) is 0 Å². The highest BCUT2D eigenvalue weighted by Gasteiger charge is 2.27. The Kier molecular flexibility index (Phi) is 4.36. The molecule has 1 aromatic rings. The average Bonchev–Trinajstić information content (AvgIpc) is 3.12. The Labute approximate surface area is 119 Å². The number of rotatable bonds is 5. The van der Waals surface area contributed by atoms with E-state index in [1.807, 2.05) is 6.07 Å². The lowest BCUT2D eigenvalue weighted by atomic mass is 10.1. The third-order valence-corrected chi connectivity index (χ3v) is 4.71. The van der Waals surface area contributed by atoms with E-state index >= 15 is 0 Å². The molecule has 2 rings (SSSR count). The minimum atomic E-state index is 0.354. The molecule has 1 unspecified atom stereocenters. The van der Waals surface area contributed by atoms with Crippen LogP contribution in [0.1, 0.15) is 29.7 Å². The zero-order valence-corrected chi connectivity index (χ0v) is 13.2. The van der Waals surface area contributed by atoms with Crippen molar-refractivity contribution < 1.29 is 9.47 Å². The lowest BCUT2D eigenvalue weighted by Gasteiger charge is -2.17. The number of benzene rings is 1. The van der Waals surface area contributed by atoms with Gasteiger partial charge in [0, 0.05) is 10.4 Å². The van der Waals surface area contributed by atoms with Gasteiger partial charge in [0.25, 0.3) is 0 Å². The van der Waals surface area contributed by atoms with Crippen LogP contribution >= 0.6 is 31.9 Å². The summed E-state index contributed by atoms with van der Waals surface area (Å²) in [5, 5.41) is 0. The first kappa shape index (κ1) is 13.2. The first-order valence-corrected chi connectivity index (χ1v) is 7.42. The Hall–Kier alpha value is -0.220. The van der Waals surface area contributed by atoms with Gasteiger partial charge in [-0.25, -0.2) is 0 Å². The quantitative estimate of drug-likeness (QED) is 0.705. The van der Waals surface area contributed by atoms with Gasteiger partial charge in [0.05, 0.1) is 14.2 Å². The summed E-state index contributed by atoms with van der Waals surface area (Å²) in [6.45, 7) is 0. The van der Waals surface area contributed by atoms with Crippen molar-refractivity contribution >= 4 is 31.9 Å². The molecule has 0 bridgehead atoms. The van der Waals surface area contributed by atoms with Crippen LogP contribution in [0.5, 0.6) is 11.5 Å². The zero-order valence-electron chi connectivity index (χ0n) is 10.0. The molecule has 1 fully saturated rings. The number of ether oxygens (including phenoxy) is 2. The van der Waals surface area contributed by atoms with Gasteiger partial charge in [-0.1, -0.05) is 34.8 Å². The molecular weight excluding hydrogens is 348 g/mol. The highest BCUT2D eigenvalue weighted by atomic mass is 79.9. The molecule has 0 aliphatic heterocycles. The van der Waals surface area contributed by atoms with Crippen LogP contribution in [0.3, 0.4) is 0 Å². The molecule has 0 N–H and O–H groups in total. The number of halogens is 2. The van der Waals surface area contributed by atoms with E-state index in [0.717, 1.165) is 21.9 Å². The third-order valence-electron chi connectivity index (χ3n) is 3.09. The van der Waals surface area contributed by atoms with Gasteiger partial charge in [-0.05, 0) is 34.3 Å². The maximum absolute atomic E-state index is 5.48. The van der Waals surface area contributed by atoms with E-state index in [2.05, 4.69) is 37.9 Å². The minimum absolute atomic E-state index is 0.354. The number of alkyl halides is 1. The van der Waals surface area contributed by atoms with Crippen LogP contribution in [-0.4, -0.2) is 14.2 Å². The highest BCUT2D eigenvalue weighted by molar-refractivity contribution is 9.10. The van der Waals surface area contributed by atoms with E-state index in [0.29, 0.717) is 4.83 Å². The summed E-state index contributed by atoms with van der Waals surface area (Å²) in [6, 6.07) is 4.05. The second-order valence-electron chi connectivity index (χ2n) is 4.35. The summed E-state index contributed by atoms with van der Waals surface area (Å²) in [6.07, 6.45) is 3.90. The second-order valence-corrected chi connectivity index (χ2v) is 6.25.